The van der Waals surface area contributed by atoms with E-state index in [1.807, 2.05) is 42.1 Å². The third-order valence-electron chi connectivity index (χ3n) is 7.53. The number of benzene rings is 1. The Morgan fingerprint density at radius 2 is 1.89 bits per heavy atom. The second kappa shape index (κ2) is 13.7. The third kappa shape index (κ3) is 6.06. The van der Waals surface area contributed by atoms with Crippen molar-refractivity contribution in [2.45, 2.75) is 39.4 Å². The molecule has 4 aromatic rings. The number of nitrogens with zero attached hydrogens (tertiary/aromatic N) is 4. The van der Waals surface area contributed by atoms with Gasteiger partial charge in [0.1, 0.15) is 15.8 Å². The summed E-state index contributed by atoms with van der Waals surface area (Å²) in [7, 11) is 4.62. The molecule has 5 heterocycles. The molecule has 2 aliphatic rings. The number of methoxy groups -OCH3 is 3. The Morgan fingerprint density at radius 3 is 2.60 bits per heavy atom. The number of carbonyl (C=O) groups excluding carboxylic acids is 2. The number of aryl methyl sites for hydroxylation is 1. The number of amides is 1. The van der Waals surface area contributed by atoms with E-state index < -0.39 is 18.0 Å². The number of hydrogen-bond acceptors (Lipinski definition) is 13. The molecule has 1 amide bonds. The minimum Gasteiger partial charge on any atom is -0.492 e. The van der Waals surface area contributed by atoms with Crippen molar-refractivity contribution in [2.24, 2.45) is 10.3 Å². The number of hydrazone groups is 1. The van der Waals surface area contributed by atoms with Crippen LogP contribution in [0.25, 0.3) is 15.9 Å². The van der Waals surface area contributed by atoms with Gasteiger partial charge in [0.05, 0.1) is 39.3 Å². The summed E-state index contributed by atoms with van der Waals surface area (Å²) in [5, 5.41) is 9.11. The van der Waals surface area contributed by atoms with Gasteiger partial charge < -0.3 is 37.8 Å². The predicted octanol–water partition coefficient (Wildman–Crippen LogP) is 4.30. The van der Waals surface area contributed by atoms with Crippen molar-refractivity contribution in [1.29, 1.82) is 0 Å². The summed E-state index contributed by atoms with van der Waals surface area (Å²) in [6.07, 6.45) is 5.14. The zero-order valence-electron chi connectivity index (χ0n) is 26.4. The monoisotopic (exact) mass is 663 g/mol. The van der Waals surface area contributed by atoms with Crippen LogP contribution in [0.2, 0.25) is 0 Å². The number of rotatable bonds is 12. The first-order chi connectivity index (χ1) is 22.9. The number of ether oxygens (including phenoxy) is 6. The minimum absolute atomic E-state index is 0.0401. The molecule has 246 valence electrons. The normalized spacial score (nSPS) is 15.2. The molecule has 0 radical (unpaired) electrons. The lowest BCUT2D eigenvalue weighted by molar-refractivity contribution is -0.135. The number of nitrogens with one attached hydrogen (secondary N) is 1. The van der Waals surface area contributed by atoms with Gasteiger partial charge in [-0.25, -0.2) is 15.2 Å². The maximum absolute atomic E-state index is 13.8. The molecule has 0 saturated heterocycles. The number of carbonyl (C=O) groups is 2. The summed E-state index contributed by atoms with van der Waals surface area (Å²) in [6, 6.07) is 5.73. The van der Waals surface area contributed by atoms with Crippen molar-refractivity contribution in [2.75, 3.05) is 34.7 Å². The molecule has 0 bridgehead atoms. The molecular formula is C32H33N5O9S. The van der Waals surface area contributed by atoms with Crippen LogP contribution in [0.4, 0.5) is 0 Å². The van der Waals surface area contributed by atoms with Crippen molar-refractivity contribution in [3.05, 3.63) is 57.9 Å². The molecule has 1 atom stereocenters. The fraction of sp³-hybridized carbons (Fsp3) is 0.344. The van der Waals surface area contributed by atoms with Crippen LogP contribution in [-0.2, 0) is 32.1 Å². The lowest BCUT2D eigenvalue weighted by atomic mass is 9.96. The van der Waals surface area contributed by atoms with Gasteiger partial charge in [0, 0.05) is 54.6 Å². The molecule has 0 aliphatic carbocycles. The number of aromatic nitrogens is 2. The van der Waals surface area contributed by atoms with Gasteiger partial charge >= 0.3 is 5.97 Å². The fourth-order valence-electron chi connectivity index (χ4n) is 5.65. The molecular weight excluding hydrogens is 630 g/mol. The van der Waals surface area contributed by atoms with Gasteiger partial charge in [-0.05, 0) is 37.6 Å². The van der Waals surface area contributed by atoms with Crippen LogP contribution in [0.3, 0.4) is 0 Å². The van der Waals surface area contributed by atoms with Crippen LogP contribution in [0.1, 0.15) is 45.4 Å². The summed E-state index contributed by atoms with van der Waals surface area (Å²) in [5.74, 6) is 0.439. The molecule has 15 heteroatoms. The molecule has 0 spiro atoms. The number of thiophene rings is 1. The van der Waals surface area contributed by atoms with Crippen LogP contribution in [-0.4, -0.2) is 74.2 Å². The second-order valence-electron chi connectivity index (χ2n) is 10.5. The van der Waals surface area contributed by atoms with E-state index in [0.717, 1.165) is 16.6 Å². The third-order valence-corrected chi connectivity index (χ3v) is 8.60. The highest BCUT2D eigenvalue weighted by molar-refractivity contribution is 7.21. The van der Waals surface area contributed by atoms with E-state index >= 15 is 0 Å². The Labute approximate surface area is 273 Å². The van der Waals surface area contributed by atoms with Gasteiger partial charge in [-0.2, -0.15) is 5.10 Å². The SMILES string of the molecule is CCOC(=O)C1=NOC(Cc2c(/C=N/NC(=O)c3sc4nc(C)cc(COC)c4c3-n3cccc3)c(OC)c3c(c2OC)OCO3)C1. The molecule has 3 aromatic heterocycles. The van der Waals surface area contributed by atoms with Gasteiger partial charge in [-0.3, -0.25) is 4.79 Å². The summed E-state index contributed by atoms with van der Waals surface area (Å²) in [5.41, 5.74) is 6.33. The predicted molar refractivity (Wildman–Crippen MR) is 172 cm³/mol. The zero-order chi connectivity index (χ0) is 33.1. The number of oxime groups is 1. The van der Waals surface area contributed by atoms with Crippen LogP contribution < -0.4 is 24.4 Å². The first kappa shape index (κ1) is 31.8. The molecule has 0 saturated carbocycles. The Hall–Kier alpha value is -5.15. The van der Waals surface area contributed by atoms with Gasteiger partial charge in [-0.15, -0.1) is 11.3 Å². The number of fused-ring (bicyclic) bond motifs is 2. The highest BCUT2D eigenvalue weighted by atomic mass is 32.1. The smallest absolute Gasteiger partial charge is 0.356 e. The quantitative estimate of drug-likeness (QED) is 0.132. The average Bonchev–Trinajstić information content (AvgIpc) is 3.88. The molecule has 1 unspecified atom stereocenters. The Bertz CT molecular complexity index is 1880. The number of hydrogen-bond donors (Lipinski definition) is 1. The van der Waals surface area contributed by atoms with Gasteiger partial charge in [-0.1, -0.05) is 5.16 Å². The van der Waals surface area contributed by atoms with Crippen molar-refractivity contribution in [3.8, 4) is 28.7 Å². The van der Waals surface area contributed by atoms with Crippen LogP contribution in [0, 0.1) is 6.92 Å². The van der Waals surface area contributed by atoms with E-state index in [4.69, 9.17) is 38.2 Å². The largest absolute Gasteiger partial charge is 0.492 e. The van der Waals surface area contributed by atoms with Crippen molar-refractivity contribution < 1.29 is 42.8 Å². The van der Waals surface area contributed by atoms with Gasteiger partial charge in [0.15, 0.2) is 17.2 Å². The van der Waals surface area contributed by atoms with Crippen LogP contribution >= 0.6 is 11.3 Å². The Kier molecular flexibility index (Phi) is 9.26. The lowest BCUT2D eigenvalue weighted by Gasteiger charge is -2.19. The number of pyridine rings is 1. The molecule has 1 N–H and O–H groups in total. The average molecular weight is 664 g/mol. The first-order valence-corrected chi connectivity index (χ1v) is 15.5. The topological polar surface area (TPSA) is 153 Å². The Morgan fingerprint density at radius 1 is 1.15 bits per heavy atom. The fourth-order valence-corrected chi connectivity index (χ4v) is 6.80. The Balaban J connectivity index is 1.35. The van der Waals surface area contributed by atoms with E-state index in [2.05, 4.69) is 15.7 Å². The molecule has 6 rings (SSSR count). The van der Waals surface area contributed by atoms with E-state index in [1.54, 1.807) is 14.0 Å². The molecule has 2 aliphatic heterocycles. The van der Waals surface area contributed by atoms with Crippen LogP contribution in [0.15, 0.2) is 40.8 Å². The molecule has 47 heavy (non-hydrogen) atoms. The summed E-state index contributed by atoms with van der Waals surface area (Å²) in [6.45, 7) is 4.17. The van der Waals surface area contributed by atoms with E-state index in [9.17, 15) is 9.59 Å². The van der Waals surface area contributed by atoms with E-state index in [1.165, 1.54) is 31.8 Å². The lowest BCUT2D eigenvalue weighted by Crippen LogP contribution is -2.20. The summed E-state index contributed by atoms with van der Waals surface area (Å²) < 4.78 is 35.4. The van der Waals surface area contributed by atoms with Crippen LogP contribution in [0.5, 0.6) is 23.0 Å². The molecule has 14 nitrogen and oxygen atoms in total. The van der Waals surface area contributed by atoms with Crippen molar-refractivity contribution in [1.82, 2.24) is 15.0 Å². The summed E-state index contributed by atoms with van der Waals surface area (Å²) in [4.78, 5) is 37.5. The minimum atomic E-state index is -0.532. The number of esters is 1. The maximum atomic E-state index is 13.8. The maximum Gasteiger partial charge on any atom is 0.356 e. The van der Waals surface area contributed by atoms with E-state index in [0.29, 0.717) is 56.1 Å². The van der Waals surface area contributed by atoms with Crippen molar-refractivity contribution >= 4 is 45.4 Å². The van der Waals surface area contributed by atoms with Gasteiger partial charge in [0.2, 0.25) is 18.3 Å². The van der Waals surface area contributed by atoms with Crippen molar-refractivity contribution in [3.63, 3.8) is 0 Å². The zero-order valence-corrected chi connectivity index (χ0v) is 27.3. The highest BCUT2D eigenvalue weighted by Gasteiger charge is 2.35. The highest BCUT2D eigenvalue weighted by Crippen LogP contribution is 2.52. The molecule has 1 aromatic carbocycles. The first-order valence-electron chi connectivity index (χ1n) is 14.7. The standard InChI is InChI=1S/C32H33N5O9S/c1-6-43-32(39)22-13-19(46-36-22)12-20-21(26(42-5)28-27(25(20)41-4)44-16-45-28)14-33-35-30(38)29-24(37-9-7-8-10-37)23-18(15-40-3)11-17(2)34-31(23)47-29/h7-11,14,19H,6,12-13,15-16H2,1-5H3,(H,35,38)/b33-14+. The second-order valence-corrected chi connectivity index (χ2v) is 11.5. The van der Waals surface area contributed by atoms with E-state index in [-0.39, 0.29) is 32.0 Å². The van der Waals surface area contributed by atoms with Gasteiger partial charge in [0.25, 0.3) is 5.91 Å². The summed E-state index contributed by atoms with van der Waals surface area (Å²) >= 11 is 1.27. The molecule has 0 fully saturated rings.